The van der Waals surface area contributed by atoms with Gasteiger partial charge in [-0.05, 0) is 79.9 Å². The Morgan fingerprint density at radius 2 is 1.94 bits per heavy atom. The van der Waals surface area contributed by atoms with E-state index >= 15 is 0 Å². The molecule has 1 aliphatic carbocycles. The molecule has 35 heavy (non-hydrogen) atoms. The standard InChI is InChI=1S/C29H32N4O2/c1-19-13-20(16-33-11-4-3-5-12-33)14-24-27(34)25(17-35-28(19)24)22-7-6-8-23(15-22)26(21-9-10-21)29-31-30-18-32(29)2/h6-8,13-15,17-18,21,26H,3-5,9-12,16H2,1-2H3. The highest BCUT2D eigenvalue weighted by molar-refractivity contribution is 5.84. The minimum Gasteiger partial charge on any atom is -0.463 e. The Hall–Kier alpha value is -3.25. The molecular formula is C29H32N4O2. The normalized spacial score (nSPS) is 17.7. The molecule has 0 radical (unpaired) electrons. The quantitative estimate of drug-likeness (QED) is 0.378. The van der Waals surface area contributed by atoms with Gasteiger partial charge in [-0.1, -0.05) is 36.8 Å². The summed E-state index contributed by atoms with van der Waals surface area (Å²) in [5, 5.41) is 9.19. The minimum absolute atomic E-state index is 0.0358. The third-order valence-corrected chi connectivity index (χ3v) is 7.65. The Kier molecular flexibility index (Phi) is 5.77. The molecule has 0 N–H and O–H groups in total. The van der Waals surface area contributed by atoms with Crippen molar-refractivity contribution in [2.45, 2.75) is 51.5 Å². The number of fused-ring (bicyclic) bond motifs is 1. The second kappa shape index (κ2) is 9.08. The van der Waals surface area contributed by atoms with Crippen molar-refractivity contribution in [2.24, 2.45) is 13.0 Å². The van der Waals surface area contributed by atoms with E-state index in [0.717, 1.165) is 36.6 Å². The topological polar surface area (TPSA) is 64.2 Å². The summed E-state index contributed by atoms with van der Waals surface area (Å²) in [4.78, 5) is 16.2. The third-order valence-electron chi connectivity index (χ3n) is 7.65. The fourth-order valence-corrected chi connectivity index (χ4v) is 5.69. The van der Waals surface area contributed by atoms with E-state index in [1.54, 1.807) is 12.6 Å². The minimum atomic E-state index is 0.0358. The van der Waals surface area contributed by atoms with Crippen LogP contribution in [-0.4, -0.2) is 32.8 Å². The highest BCUT2D eigenvalue weighted by atomic mass is 16.3. The van der Waals surface area contributed by atoms with Crippen LogP contribution in [0.3, 0.4) is 0 Å². The van der Waals surface area contributed by atoms with Crippen molar-refractivity contribution < 1.29 is 4.42 Å². The second-order valence-electron chi connectivity index (χ2n) is 10.3. The predicted molar refractivity (Wildman–Crippen MR) is 137 cm³/mol. The molecule has 2 fully saturated rings. The fourth-order valence-electron chi connectivity index (χ4n) is 5.69. The maximum Gasteiger partial charge on any atom is 0.200 e. The molecule has 1 atom stereocenters. The van der Waals surface area contributed by atoms with E-state index in [9.17, 15) is 4.79 Å². The molecule has 1 unspecified atom stereocenters. The van der Waals surface area contributed by atoms with Crippen molar-refractivity contribution in [3.05, 3.63) is 81.7 Å². The first kappa shape index (κ1) is 22.2. The van der Waals surface area contributed by atoms with Gasteiger partial charge in [-0.2, -0.15) is 0 Å². The van der Waals surface area contributed by atoms with Gasteiger partial charge in [0.05, 0.1) is 10.9 Å². The molecule has 6 rings (SSSR count). The van der Waals surface area contributed by atoms with Gasteiger partial charge in [0.15, 0.2) is 0 Å². The van der Waals surface area contributed by atoms with Gasteiger partial charge >= 0.3 is 0 Å². The molecule has 180 valence electrons. The zero-order valence-electron chi connectivity index (χ0n) is 20.5. The number of hydrogen-bond donors (Lipinski definition) is 0. The van der Waals surface area contributed by atoms with Crippen LogP contribution in [0.15, 0.2) is 58.2 Å². The molecule has 4 aromatic rings. The van der Waals surface area contributed by atoms with E-state index < -0.39 is 0 Å². The van der Waals surface area contributed by atoms with Gasteiger partial charge in [0.1, 0.15) is 24.0 Å². The average Bonchev–Trinajstić information content (AvgIpc) is 3.61. The third kappa shape index (κ3) is 4.31. The van der Waals surface area contributed by atoms with Crippen molar-refractivity contribution in [2.75, 3.05) is 13.1 Å². The lowest BCUT2D eigenvalue weighted by Gasteiger charge is -2.26. The number of likely N-dealkylation sites (tertiary alicyclic amines) is 1. The lowest BCUT2D eigenvalue weighted by atomic mass is 9.90. The lowest BCUT2D eigenvalue weighted by molar-refractivity contribution is 0.221. The van der Waals surface area contributed by atoms with Crippen LogP contribution in [0, 0.1) is 12.8 Å². The molecule has 1 saturated heterocycles. The van der Waals surface area contributed by atoms with E-state index in [1.165, 1.54) is 43.2 Å². The molecule has 2 aromatic carbocycles. The Balaban J connectivity index is 1.39. The van der Waals surface area contributed by atoms with E-state index in [0.29, 0.717) is 22.5 Å². The van der Waals surface area contributed by atoms with Crippen LogP contribution in [0.4, 0.5) is 0 Å². The number of aryl methyl sites for hydroxylation is 2. The number of piperidine rings is 1. The first-order valence-electron chi connectivity index (χ1n) is 12.8. The van der Waals surface area contributed by atoms with Crippen LogP contribution in [0.2, 0.25) is 0 Å². The molecule has 6 nitrogen and oxygen atoms in total. The summed E-state index contributed by atoms with van der Waals surface area (Å²) in [7, 11) is 2.00. The molecule has 2 aromatic heterocycles. The summed E-state index contributed by atoms with van der Waals surface area (Å²) in [5.41, 5.74) is 5.61. The van der Waals surface area contributed by atoms with Crippen LogP contribution in [0.25, 0.3) is 22.1 Å². The number of hydrogen-bond acceptors (Lipinski definition) is 5. The molecule has 0 spiro atoms. The maximum atomic E-state index is 13.7. The molecule has 3 heterocycles. The maximum absolute atomic E-state index is 13.7. The van der Waals surface area contributed by atoms with Gasteiger partial charge < -0.3 is 8.98 Å². The van der Waals surface area contributed by atoms with Gasteiger partial charge in [-0.15, -0.1) is 10.2 Å². The monoisotopic (exact) mass is 468 g/mol. The van der Waals surface area contributed by atoms with Crippen LogP contribution in [0.1, 0.15) is 60.5 Å². The van der Waals surface area contributed by atoms with E-state index in [4.69, 9.17) is 4.42 Å². The largest absolute Gasteiger partial charge is 0.463 e. The number of benzene rings is 2. The summed E-state index contributed by atoms with van der Waals surface area (Å²) in [6.45, 7) is 5.18. The predicted octanol–water partition coefficient (Wildman–Crippen LogP) is 5.42. The van der Waals surface area contributed by atoms with E-state index in [-0.39, 0.29) is 11.3 Å². The Bertz CT molecular complexity index is 1430. The van der Waals surface area contributed by atoms with Gasteiger partial charge in [0.2, 0.25) is 5.43 Å². The fraction of sp³-hybridized carbons (Fsp3) is 0.414. The Labute approximate surface area is 205 Å². The number of rotatable bonds is 6. The van der Waals surface area contributed by atoms with Crippen molar-refractivity contribution in [3.63, 3.8) is 0 Å². The summed E-state index contributed by atoms with van der Waals surface area (Å²) >= 11 is 0. The highest BCUT2D eigenvalue weighted by Crippen LogP contribution is 2.46. The first-order valence-corrected chi connectivity index (χ1v) is 12.8. The number of aromatic nitrogens is 3. The van der Waals surface area contributed by atoms with Gasteiger partial charge in [0.25, 0.3) is 0 Å². The van der Waals surface area contributed by atoms with Gasteiger partial charge in [0, 0.05) is 19.5 Å². The molecule has 6 heteroatoms. The molecule has 1 aliphatic heterocycles. The van der Waals surface area contributed by atoms with Crippen LogP contribution in [-0.2, 0) is 13.6 Å². The van der Waals surface area contributed by atoms with Crippen molar-refractivity contribution in [3.8, 4) is 11.1 Å². The van der Waals surface area contributed by atoms with E-state index in [2.05, 4.69) is 33.3 Å². The van der Waals surface area contributed by atoms with Crippen LogP contribution in [0.5, 0.6) is 0 Å². The Morgan fingerprint density at radius 3 is 2.69 bits per heavy atom. The summed E-state index contributed by atoms with van der Waals surface area (Å²) in [6.07, 6.45) is 9.61. The van der Waals surface area contributed by atoms with Crippen molar-refractivity contribution >= 4 is 11.0 Å². The molecule has 0 amide bonds. The van der Waals surface area contributed by atoms with Gasteiger partial charge in [-0.25, -0.2) is 0 Å². The summed E-state index contributed by atoms with van der Waals surface area (Å²) in [5.74, 6) is 1.74. The summed E-state index contributed by atoms with van der Waals surface area (Å²) < 4.78 is 8.07. The lowest BCUT2D eigenvalue weighted by Crippen LogP contribution is -2.29. The van der Waals surface area contributed by atoms with E-state index in [1.807, 2.05) is 36.7 Å². The van der Waals surface area contributed by atoms with Crippen LogP contribution < -0.4 is 5.43 Å². The second-order valence-corrected chi connectivity index (χ2v) is 10.3. The SMILES string of the molecule is Cc1cc(CN2CCCCC2)cc2c(=O)c(-c3cccc(C(c4nncn4C)C4CC4)c3)coc12. The number of nitrogens with zero attached hydrogens (tertiary/aromatic N) is 4. The first-order chi connectivity index (χ1) is 17.1. The smallest absolute Gasteiger partial charge is 0.200 e. The van der Waals surface area contributed by atoms with Crippen molar-refractivity contribution in [1.82, 2.24) is 19.7 Å². The average molecular weight is 469 g/mol. The highest BCUT2D eigenvalue weighted by Gasteiger charge is 2.36. The van der Waals surface area contributed by atoms with Gasteiger partial charge in [-0.3, -0.25) is 9.69 Å². The van der Waals surface area contributed by atoms with Crippen LogP contribution >= 0.6 is 0 Å². The molecule has 0 bridgehead atoms. The molecule has 1 saturated carbocycles. The Morgan fingerprint density at radius 1 is 1.11 bits per heavy atom. The molecule has 2 aliphatic rings. The molecular weight excluding hydrogens is 436 g/mol. The van der Waals surface area contributed by atoms with Crippen molar-refractivity contribution in [1.29, 1.82) is 0 Å². The zero-order valence-corrected chi connectivity index (χ0v) is 20.5. The summed E-state index contributed by atoms with van der Waals surface area (Å²) in [6, 6.07) is 12.5. The zero-order chi connectivity index (χ0) is 23.9.